The number of carbonyl (C=O) groups is 1. The molecule has 0 fully saturated rings. The second-order valence-corrected chi connectivity index (χ2v) is 7.90. The lowest BCUT2D eigenvalue weighted by Crippen LogP contribution is -2.29. The van der Waals surface area contributed by atoms with Gasteiger partial charge in [-0.25, -0.2) is 4.98 Å². The Balaban J connectivity index is 1.54. The number of ether oxygens (including phenoxy) is 1. The molecule has 2 heterocycles. The molecule has 7 nitrogen and oxygen atoms in total. The van der Waals surface area contributed by atoms with Crippen molar-refractivity contribution in [2.45, 2.75) is 13.0 Å². The molecule has 9 heteroatoms. The van der Waals surface area contributed by atoms with Crippen LogP contribution in [0.15, 0.2) is 73.7 Å². The quantitative estimate of drug-likeness (QED) is 0.465. The zero-order valence-electron chi connectivity index (χ0n) is 15.6. The highest BCUT2D eigenvalue weighted by Gasteiger charge is 2.36. The van der Waals surface area contributed by atoms with Crippen molar-refractivity contribution in [1.82, 2.24) is 4.98 Å². The third-order valence-electron chi connectivity index (χ3n) is 4.29. The highest BCUT2D eigenvalue weighted by Crippen LogP contribution is 2.32. The Morgan fingerprint density at radius 2 is 1.93 bits per heavy atom. The van der Waals surface area contributed by atoms with Gasteiger partial charge in [0, 0.05) is 15.4 Å². The highest BCUT2D eigenvalue weighted by molar-refractivity contribution is 9.10. The lowest BCUT2D eigenvalue weighted by atomic mass is 10.2. The number of benzene rings is 2. The normalized spacial score (nSPS) is 16.5. The Labute approximate surface area is 179 Å². The van der Waals surface area contributed by atoms with Gasteiger partial charge in [0.15, 0.2) is 6.04 Å². The molecule has 0 unspecified atom stereocenters. The van der Waals surface area contributed by atoms with Crippen molar-refractivity contribution in [1.29, 1.82) is 0 Å². The minimum Gasteiger partial charge on any atom is -0.497 e. The first-order valence-corrected chi connectivity index (χ1v) is 10.4. The minimum absolute atomic E-state index is 0.270. The summed E-state index contributed by atoms with van der Waals surface area (Å²) in [5, 5.41) is 16.5. The van der Waals surface area contributed by atoms with E-state index in [9.17, 15) is 4.79 Å². The van der Waals surface area contributed by atoms with Crippen LogP contribution >= 0.6 is 27.3 Å². The van der Waals surface area contributed by atoms with Crippen molar-refractivity contribution in [3.8, 4) is 17.0 Å². The number of hydrogen-bond acceptors (Lipinski definition) is 7. The molecule has 146 valence electrons. The zero-order valence-corrected chi connectivity index (χ0v) is 18.0. The summed E-state index contributed by atoms with van der Waals surface area (Å²) in [6.07, 6.45) is 0. The molecule has 1 aliphatic rings. The van der Waals surface area contributed by atoms with Gasteiger partial charge in [-0.3, -0.25) is 4.79 Å². The van der Waals surface area contributed by atoms with Crippen molar-refractivity contribution < 1.29 is 9.53 Å². The lowest BCUT2D eigenvalue weighted by molar-refractivity contribution is -0.117. The van der Waals surface area contributed by atoms with Gasteiger partial charge in [-0.1, -0.05) is 12.1 Å². The van der Waals surface area contributed by atoms with Crippen LogP contribution in [0.5, 0.6) is 5.75 Å². The maximum Gasteiger partial charge on any atom is 0.282 e. The van der Waals surface area contributed by atoms with Crippen LogP contribution in [-0.4, -0.2) is 29.8 Å². The summed E-state index contributed by atoms with van der Waals surface area (Å²) >= 11 is 4.78. The Morgan fingerprint density at radius 1 is 1.17 bits per heavy atom. The first-order valence-electron chi connectivity index (χ1n) is 8.71. The third-order valence-corrected chi connectivity index (χ3v) is 5.78. The van der Waals surface area contributed by atoms with Gasteiger partial charge in [-0.2, -0.15) is 20.3 Å². The number of rotatable bonds is 5. The summed E-state index contributed by atoms with van der Waals surface area (Å²) in [6.45, 7) is 1.76. The summed E-state index contributed by atoms with van der Waals surface area (Å²) in [4.78, 5) is 17.4. The molecule has 1 aliphatic heterocycles. The molecule has 0 N–H and O–H groups in total. The largest absolute Gasteiger partial charge is 0.497 e. The topological polar surface area (TPSA) is 79.5 Å². The Morgan fingerprint density at radius 3 is 2.66 bits per heavy atom. The molecule has 1 aromatic heterocycles. The Bertz CT molecular complexity index is 1110. The van der Waals surface area contributed by atoms with E-state index in [1.165, 1.54) is 16.3 Å². The fourth-order valence-corrected chi connectivity index (χ4v) is 3.89. The molecule has 0 bridgehead atoms. The first-order chi connectivity index (χ1) is 14.1. The fraction of sp³-hybridized carbons (Fsp3) is 0.150. The second-order valence-electron chi connectivity index (χ2n) is 6.20. The number of hydrazone groups is 1. The van der Waals surface area contributed by atoms with Gasteiger partial charge in [-0.05, 0) is 59.3 Å². The average molecular weight is 470 g/mol. The molecule has 2 aromatic carbocycles. The monoisotopic (exact) mass is 469 g/mol. The molecule has 1 amide bonds. The van der Waals surface area contributed by atoms with Gasteiger partial charge in [0.1, 0.15) is 5.75 Å². The number of methoxy groups -OCH3 is 1. The highest BCUT2D eigenvalue weighted by atomic mass is 79.9. The van der Waals surface area contributed by atoms with Crippen LogP contribution in [-0.2, 0) is 4.79 Å². The van der Waals surface area contributed by atoms with Gasteiger partial charge >= 0.3 is 0 Å². The molecule has 3 aromatic rings. The molecule has 4 rings (SSSR count). The SMILES string of the molecule is COc1ccc(-c2csc(N3N=C(C)[C@@H](N=Nc4ccccc4Br)C3=O)n2)cc1. The van der Waals surface area contributed by atoms with Gasteiger partial charge in [0.05, 0.1) is 24.2 Å². The smallest absolute Gasteiger partial charge is 0.282 e. The van der Waals surface area contributed by atoms with Gasteiger partial charge in [-0.15, -0.1) is 11.3 Å². The summed E-state index contributed by atoms with van der Waals surface area (Å²) < 4.78 is 5.99. The number of aromatic nitrogens is 1. The van der Waals surface area contributed by atoms with Crippen molar-refractivity contribution in [3.63, 3.8) is 0 Å². The standard InChI is InChI=1S/C20H16BrN5O2S/c1-12-18(24-23-16-6-4-3-5-15(16)21)19(27)26(25-12)20-22-17(11-29-20)13-7-9-14(28-2)10-8-13/h3-11,18H,1-2H3/t18-/m1/s1. The Kier molecular flexibility index (Phi) is 5.50. The number of thiazole rings is 1. The first kappa shape index (κ1) is 19.4. The fourth-order valence-electron chi connectivity index (χ4n) is 2.73. The predicted octanol–water partition coefficient (Wildman–Crippen LogP) is 5.46. The van der Waals surface area contributed by atoms with E-state index < -0.39 is 6.04 Å². The second kappa shape index (κ2) is 8.22. The van der Waals surface area contributed by atoms with Gasteiger partial charge in [0.25, 0.3) is 5.91 Å². The van der Waals surface area contributed by atoms with Crippen molar-refractivity contribution in [3.05, 3.63) is 58.4 Å². The number of anilines is 1. The van der Waals surface area contributed by atoms with Gasteiger partial charge < -0.3 is 4.74 Å². The van der Waals surface area contributed by atoms with Crippen LogP contribution < -0.4 is 9.75 Å². The molecule has 1 atom stereocenters. The number of azo groups is 1. The van der Waals surface area contributed by atoms with E-state index in [1.54, 1.807) is 14.0 Å². The summed E-state index contributed by atoms with van der Waals surface area (Å²) in [5.41, 5.74) is 2.94. The molecular weight excluding hydrogens is 454 g/mol. The van der Waals surface area contributed by atoms with Crippen LogP contribution in [0.25, 0.3) is 11.3 Å². The van der Waals surface area contributed by atoms with E-state index in [4.69, 9.17) is 4.74 Å². The summed E-state index contributed by atoms with van der Waals surface area (Å²) in [5.74, 6) is 0.506. The molecular formula is C20H16BrN5O2S. The molecule has 29 heavy (non-hydrogen) atoms. The van der Waals surface area contributed by atoms with E-state index in [1.807, 2.05) is 53.9 Å². The molecule has 0 aliphatic carbocycles. The molecule has 0 saturated heterocycles. The van der Waals surface area contributed by atoms with E-state index in [-0.39, 0.29) is 5.91 Å². The van der Waals surface area contributed by atoms with Crippen molar-refractivity contribution in [2.24, 2.45) is 15.3 Å². The number of halogens is 1. The predicted molar refractivity (Wildman–Crippen MR) is 117 cm³/mol. The van der Waals surface area contributed by atoms with Crippen LogP contribution in [0.1, 0.15) is 6.92 Å². The maximum atomic E-state index is 12.8. The van der Waals surface area contributed by atoms with Crippen molar-refractivity contribution >= 4 is 49.7 Å². The molecule has 0 radical (unpaired) electrons. The number of hydrogen-bond donors (Lipinski definition) is 0. The van der Waals surface area contributed by atoms with E-state index in [0.717, 1.165) is 21.5 Å². The van der Waals surface area contributed by atoms with E-state index in [2.05, 4.69) is 36.2 Å². The Hall–Kier alpha value is -2.91. The van der Waals surface area contributed by atoms with Gasteiger partial charge in [0.2, 0.25) is 5.13 Å². The van der Waals surface area contributed by atoms with Crippen LogP contribution in [0.3, 0.4) is 0 Å². The number of amides is 1. The molecule has 0 spiro atoms. The maximum absolute atomic E-state index is 12.8. The average Bonchev–Trinajstić information content (AvgIpc) is 3.33. The lowest BCUT2D eigenvalue weighted by Gasteiger charge is -2.08. The summed E-state index contributed by atoms with van der Waals surface area (Å²) in [6, 6.07) is 14.3. The molecule has 0 saturated carbocycles. The third kappa shape index (κ3) is 3.96. The zero-order chi connectivity index (χ0) is 20.4. The van der Waals surface area contributed by atoms with Crippen LogP contribution in [0, 0.1) is 0 Å². The van der Waals surface area contributed by atoms with Crippen molar-refractivity contribution in [2.75, 3.05) is 12.1 Å². The number of nitrogens with zero attached hydrogens (tertiary/aromatic N) is 5. The number of carbonyl (C=O) groups excluding carboxylic acids is 1. The summed E-state index contributed by atoms with van der Waals surface area (Å²) in [7, 11) is 1.62. The van der Waals surface area contributed by atoms with Crippen LogP contribution in [0.4, 0.5) is 10.8 Å². The van der Waals surface area contributed by atoms with E-state index >= 15 is 0 Å². The minimum atomic E-state index is -0.754. The van der Waals surface area contributed by atoms with Crippen LogP contribution in [0.2, 0.25) is 0 Å². The van der Waals surface area contributed by atoms with E-state index in [0.29, 0.717) is 16.5 Å².